The Morgan fingerprint density at radius 1 is 1.19 bits per heavy atom. The summed E-state index contributed by atoms with van der Waals surface area (Å²) >= 11 is 0. The van der Waals surface area contributed by atoms with Crippen LogP contribution in [0.25, 0.3) is 5.78 Å². The maximum absolute atomic E-state index is 13.2. The van der Waals surface area contributed by atoms with Crippen molar-refractivity contribution in [2.45, 2.75) is 12.6 Å². The van der Waals surface area contributed by atoms with Gasteiger partial charge < -0.3 is 5.73 Å². The third-order valence-electron chi connectivity index (χ3n) is 2.92. The lowest BCUT2D eigenvalue weighted by Crippen LogP contribution is -2.18. The zero-order valence-corrected chi connectivity index (χ0v) is 10.5. The van der Waals surface area contributed by atoms with Crippen molar-refractivity contribution in [3.63, 3.8) is 0 Å². The quantitative estimate of drug-likeness (QED) is 0.778. The largest absolute Gasteiger partial charge is 0.433 e. The lowest BCUT2D eigenvalue weighted by molar-refractivity contribution is -0.141. The number of nitrogens with zero attached hydrogens (tertiary/aromatic N) is 5. The van der Waals surface area contributed by atoms with Gasteiger partial charge in [-0.15, -0.1) is 0 Å². The monoisotopic (exact) mass is 294 g/mol. The molecule has 2 N–H and O–H groups in total. The Bertz CT molecular complexity index is 781. The summed E-state index contributed by atoms with van der Waals surface area (Å²) < 4.78 is 40.6. The summed E-state index contributed by atoms with van der Waals surface area (Å²) in [5.74, 6) is -0.333. The zero-order valence-electron chi connectivity index (χ0n) is 10.5. The Balaban J connectivity index is 2.21. The first-order chi connectivity index (χ1) is 9.97. The molecule has 3 rings (SSSR count). The van der Waals surface area contributed by atoms with E-state index in [1.807, 2.05) is 0 Å². The van der Waals surface area contributed by atoms with Gasteiger partial charge in [0, 0.05) is 23.9 Å². The molecule has 3 heterocycles. The molecule has 3 aromatic heterocycles. The SMILES string of the molecule is Nc1c(Cc2ccccn2)c(C(F)(F)F)nc2ncnn12. The maximum Gasteiger partial charge on any atom is 0.433 e. The third-order valence-corrected chi connectivity index (χ3v) is 2.92. The van der Waals surface area contributed by atoms with E-state index in [9.17, 15) is 13.2 Å². The van der Waals surface area contributed by atoms with Gasteiger partial charge in [0.15, 0.2) is 5.69 Å². The molecule has 0 aromatic carbocycles. The molecule has 6 nitrogen and oxygen atoms in total. The molecule has 0 atom stereocenters. The van der Waals surface area contributed by atoms with Gasteiger partial charge in [0.05, 0.1) is 0 Å². The molecule has 0 spiro atoms. The number of rotatable bonds is 2. The number of nitrogens with two attached hydrogens (primary N) is 1. The fraction of sp³-hybridized carbons (Fsp3) is 0.167. The van der Waals surface area contributed by atoms with Gasteiger partial charge in [-0.05, 0) is 12.1 Å². The molecule has 0 saturated heterocycles. The predicted octanol–water partition coefficient (Wildman–Crippen LogP) is 1.71. The third kappa shape index (κ3) is 2.37. The van der Waals surface area contributed by atoms with Crippen LogP contribution in [0.5, 0.6) is 0 Å². The lowest BCUT2D eigenvalue weighted by atomic mass is 10.1. The Morgan fingerprint density at radius 2 is 2.00 bits per heavy atom. The number of alkyl halides is 3. The molecular formula is C12H9F3N6. The predicted molar refractivity (Wildman–Crippen MR) is 67.2 cm³/mol. The second kappa shape index (κ2) is 4.69. The van der Waals surface area contributed by atoms with Gasteiger partial charge in [-0.2, -0.15) is 27.8 Å². The molecule has 0 aliphatic heterocycles. The first-order valence-electron chi connectivity index (χ1n) is 5.92. The minimum atomic E-state index is -4.63. The van der Waals surface area contributed by atoms with Crippen LogP contribution in [0.3, 0.4) is 0 Å². The molecule has 0 bridgehead atoms. The van der Waals surface area contributed by atoms with Crippen LogP contribution in [0.4, 0.5) is 19.0 Å². The average molecular weight is 294 g/mol. The number of halogens is 3. The van der Waals surface area contributed by atoms with Crippen molar-refractivity contribution >= 4 is 11.6 Å². The van der Waals surface area contributed by atoms with Crippen LogP contribution in [0.15, 0.2) is 30.7 Å². The summed E-state index contributed by atoms with van der Waals surface area (Å²) in [4.78, 5) is 11.2. The van der Waals surface area contributed by atoms with Gasteiger partial charge >= 0.3 is 6.18 Å². The van der Waals surface area contributed by atoms with E-state index in [0.717, 1.165) is 10.8 Å². The van der Waals surface area contributed by atoms with Gasteiger partial charge in [-0.1, -0.05) is 6.07 Å². The highest BCUT2D eigenvalue weighted by Crippen LogP contribution is 2.34. The highest BCUT2D eigenvalue weighted by molar-refractivity contribution is 5.51. The van der Waals surface area contributed by atoms with Crippen LogP contribution in [-0.4, -0.2) is 24.6 Å². The van der Waals surface area contributed by atoms with E-state index in [-0.39, 0.29) is 23.6 Å². The van der Waals surface area contributed by atoms with E-state index >= 15 is 0 Å². The van der Waals surface area contributed by atoms with Crippen molar-refractivity contribution < 1.29 is 13.2 Å². The van der Waals surface area contributed by atoms with E-state index in [4.69, 9.17) is 5.73 Å². The number of nitrogen functional groups attached to an aromatic ring is 1. The smallest absolute Gasteiger partial charge is 0.383 e. The number of pyridine rings is 1. The van der Waals surface area contributed by atoms with Gasteiger partial charge in [0.25, 0.3) is 5.78 Å². The summed E-state index contributed by atoms with van der Waals surface area (Å²) in [6.45, 7) is 0. The van der Waals surface area contributed by atoms with Gasteiger partial charge in [0.2, 0.25) is 0 Å². The lowest BCUT2D eigenvalue weighted by Gasteiger charge is -2.14. The molecule has 0 fully saturated rings. The molecule has 108 valence electrons. The van der Waals surface area contributed by atoms with Crippen molar-refractivity contribution in [2.75, 3.05) is 5.73 Å². The Hall–Kier alpha value is -2.71. The second-order valence-corrected chi connectivity index (χ2v) is 4.29. The average Bonchev–Trinajstić information content (AvgIpc) is 2.90. The van der Waals surface area contributed by atoms with Crippen molar-refractivity contribution in [3.8, 4) is 0 Å². The maximum atomic E-state index is 13.2. The summed E-state index contributed by atoms with van der Waals surface area (Å²) in [6.07, 6.45) is -2.13. The van der Waals surface area contributed by atoms with Crippen LogP contribution in [0.2, 0.25) is 0 Å². The number of aromatic nitrogens is 5. The van der Waals surface area contributed by atoms with E-state index in [2.05, 4.69) is 20.1 Å². The van der Waals surface area contributed by atoms with Gasteiger partial charge in [-0.25, -0.2) is 4.98 Å². The molecule has 0 amide bonds. The summed E-state index contributed by atoms with van der Waals surface area (Å²) in [5.41, 5.74) is 5.02. The first-order valence-corrected chi connectivity index (χ1v) is 5.92. The summed E-state index contributed by atoms with van der Waals surface area (Å²) in [5, 5.41) is 3.77. The van der Waals surface area contributed by atoms with Crippen LogP contribution in [0, 0.1) is 0 Å². The normalized spacial score (nSPS) is 12.0. The van der Waals surface area contributed by atoms with E-state index in [1.54, 1.807) is 18.2 Å². The second-order valence-electron chi connectivity index (χ2n) is 4.29. The number of hydrogen-bond donors (Lipinski definition) is 1. The molecule has 0 saturated carbocycles. The van der Waals surface area contributed by atoms with Crippen LogP contribution >= 0.6 is 0 Å². The minimum Gasteiger partial charge on any atom is -0.383 e. The number of anilines is 1. The van der Waals surface area contributed by atoms with Crippen molar-refractivity contribution in [2.24, 2.45) is 0 Å². The highest BCUT2D eigenvalue weighted by atomic mass is 19.4. The molecule has 0 aliphatic carbocycles. The van der Waals surface area contributed by atoms with Crippen LogP contribution in [-0.2, 0) is 12.6 Å². The Kier molecular flexibility index (Phi) is 2.96. The van der Waals surface area contributed by atoms with Gasteiger partial charge in [0.1, 0.15) is 12.1 Å². The van der Waals surface area contributed by atoms with Crippen LogP contribution in [0.1, 0.15) is 17.0 Å². The van der Waals surface area contributed by atoms with Crippen molar-refractivity contribution in [3.05, 3.63) is 47.7 Å². The minimum absolute atomic E-state index is 0.0929. The van der Waals surface area contributed by atoms with E-state index in [1.165, 1.54) is 6.20 Å². The standard InChI is InChI=1S/C12H9F3N6/c13-12(14,15)9-8(5-7-3-1-2-4-17-7)10(16)21-11(20-9)18-6-19-21/h1-4,6H,5,16H2. The first kappa shape index (κ1) is 13.3. The van der Waals surface area contributed by atoms with Crippen molar-refractivity contribution in [1.82, 2.24) is 24.6 Å². The summed E-state index contributed by atoms with van der Waals surface area (Å²) in [6, 6.07) is 4.98. The fourth-order valence-corrected chi connectivity index (χ4v) is 1.99. The zero-order chi connectivity index (χ0) is 15.0. The molecule has 0 aliphatic rings. The Labute approximate surface area is 116 Å². The Morgan fingerprint density at radius 3 is 2.67 bits per heavy atom. The highest BCUT2D eigenvalue weighted by Gasteiger charge is 2.37. The van der Waals surface area contributed by atoms with Crippen molar-refractivity contribution in [1.29, 1.82) is 0 Å². The number of fused-ring (bicyclic) bond motifs is 1. The van der Waals surface area contributed by atoms with E-state index < -0.39 is 11.9 Å². The topological polar surface area (TPSA) is 82.0 Å². The molecular weight excluding hydrogens is 285 g/mol. The van der Waals surface area contributed by atoms with Gasteiger partial charge in [-0.3, -0.25) is 4.98 Å². The molecule has 9 heteroatoms. The molecule has 0 unspecified atom stereocenters. The summed E-state index contributed by atoms with van der Waals surface area (Å²) in [7, 11) is 0. The molecule has 0 radical (unpaired) electrons. The van der Waals surface area contributed by atoms with Crippen LogP contribution < -0.4 is 5.73 Å². The number of hydrogen-bond acceptors (Lipinski definition) is 5. The molecule has 3 aromatic rings. The fourth-order valence-electron chi connectivity index (χ4n) is 1.99. The molecule has 21 heavy (non-hydrogen) atoms. The van der Waals surface area contributed by atoms with E-state index in [0.29, 0.717) is 5.69 Å².